The summed E-state index contributed by atoms with van der Waals surface area (Å²) in [6.45, 7) is 3.63. The fourth-order valence-corrected chi connectivity index (χ4v) is 1.38. The van der Waals surface area contributed by atoms with Crippen LogP contribution in [0, 0.1) is 13.8 Å². The molecule has 0 atom stereocenters. The van der Waals surface area contributed by atoms with E-state index < -0.39 is 17.9 Å². The highest BCUT2D eigenvalue weighted by atomic mass is 16.5. The number of urea groups is 1. The van der Waals surface area contributed by atoms with Crippen LogP contribution >= 0.6 is 0 Å². The Morgan fingerprint density at radius 1 is 1.26 bits per heavy atom. The number of aryl methyl sites for hydroxylation is 2. The van der Waals surface area contributed by atoms with Gasteiger partial charge in [0.1, 0.15) is 5.76 Å². The summed E-state index contributed by atoms with van der Waals surface area (Å²) >= 11 is 0. The predicted octanol–water partition coefficient (Wildman–Crippen LogP) is 0.482. The third kappa shape index (κ3) is 4.78. The molecule has 0 aromatic carbocycles. The second kappa shape index (κ2) is 6.53. The highest BCUT2D eigenvalue weighted by molar-refractivity contribution is 5.95. The van der Waals surface area contributed by atoms with E-state index in [1.54, 1.807) is 13.8 Å². The summed E-state index contributed by atoms with van der Waals surface area (Å²) in [7, 11) is 0. The molecule has 8 heteroatoms. The molecule has 0 unspecified atom stereocenters. The minimum absolute atomic E-state index is 0.180. The zero-order valence-electron chi connectivity index (χ0n) is 10.6. The number of carbonyl (C=O) groups is 3. The topological polar surface area (TPSA) is 122 Å². The van der Waals surface area contributed by atoms with Crippen LogP contribution < -0.4 is 10.6 Å². The van der Waals surface area contributed by atoms with Crippen molar-refractivity contribution in [1.29, 1.82) is 0 Å². The van der Waals surface area contributed by atoms with E-state index in [9.17, 15) is 14.4 Å². The Labute approximate surface area is 109 Å². The largest absolute Gasteiger partial charge is 0.481 e. The first-order valence-electron chi connectivity index (χ1n) is 5.61. The summed E-state index contributed by atoms with van der Waals surface area (Å²) in [6, 6.07) is -0.685. The van der Waals surface area contributed by atoms with Crippen LogP contribution in [0.3, 0.4) is 0 Å². The maximum absolute atomic E-state index is 11.4. The Morgan fingerprint density at radius 3 is 2.47 bits per heavy atom. The molecule has 0 radical (unpaired) electrons. The van der Waals surface area contributed by atoms with Crippen molar-refractivity contribution in [3.63, 3.8) is 0 Å². The van der Waals surface area contributed by atoms with Crippen molar-refractivity contribution in [1.82, 2.24) is 15.8 Å². The number of carboxylic acids is 1. The Morgan fingerprint density at radius 2 is 1.95 bits per heavy atom. The summed E-state index contributed by atoms with van der Waals surface area (Å²) in [6.07, 6.45) is -0.558. The smallest absolute Gasteiger partial charge is 0.321 e. The van der Waals surface area contributed by atoms with Crippen molar-refractivity contribution in [2.45, 2.75) is 33.2 Å². The highest BCUT2D eigenvalue weighted by Gasteiger charge is 2.12. The lowest BCUT2D eigenvalue weighted by Crippen LogP contribution is -2.39. The maximum atomic E-state index is 11.4. The monoisotopic (exact) mass is 269 g/mol. The molecule has 1 rings (SSSR count). The number of hydrogen-bond acceptors (Lipinski definition) is 5. The number of imide groups is 1. The van der Waals surface area contributed by atoms with Gasteiger partial charge in [0.25, 0.3) is 0 Å². The van der Waals surface area contributed by atoms with Gasteiger partial charge in [-0.15, -0.1) is 0 Å². The highest BCUT2D eigenvalue weighted by Crippen LogP contribution is 2.11. The van der Waals surface area contributed by atoms with E-state index in [0.717, 1.165) is 5.56 Å². The molecule has 0 aliphatic heterocycles. The average molecular weight is 269 g/mol. The number of rotatable bonds is 5. The van der Waals surface area contributed by atoms with Gasteiger partial charge in [-0.3, -0.25) is 14.9 Å². The summed E-state index contributed by atoms with van der Waals surface area (Å²) in [5.74, 6) is -1.14. The lowest BCUT2D eigenvalue weighted by Gasteiger charge is -2.05. The number of amides is 3. The van der Waals surface area contributed by atoms with Crippen LogP contribution in [0.15, 0.2) is 4.52 Å². The molecule has 0 spiro atoms. The lowest BCUT2D eigenvalue weighted by atomic mass is 10.2. The van der Waals surface area contributed by atoms with Crippen LogP contribution in [0.25, 0.3) is 0 Å². The number of carboxylic acid groups (broad SMARTS) is 1. The second-order valence-corrected chi connectivity index (χ2v) is 3.93. The zero-order valence-corrected chi connectivity index (χ0v) is 10.6. The molecule has 0 saturated carbocycles. The van der Waals surface area contributed by atoms with Crippen LogP contribution in [0.5, 0.6) is 0 Å². The Kier molecular flexibility index (Phi) is 5.04. The minimum Gasteiger partial charge on any atom is -0.481 e. The Hall–Kier alpha value is -2.38. The van der Waals surface area contributed by atoms with E-state index >= 15 is 0 Å². The first-order valence-corrected chi connectivity index (χ1v) is 5.61. The van der Waals surface area contributed by atoms with Gasteiger partial charge >= 0.3 is 12.0 Å². The van der Waals surface area contributed by atoms with Gasteiger partial charge in [-0.2, -0.15) is 0 Å². The lowest BCUT2D eigenvalue weighted by molar-refractivity contribution is -0.138. The molecule has 8 nitrogen and oxygen atoms in total. The van der Waals surface area contributed by atoms with Gasteiger partial charge < -0.3 is 14.9 Å². The van der Waals surface area contributed by atoms with Gasteiger partial charge in [0.15, 0.2) is 0 Å². The van der Waals surface area contributed by atoms with Gasteiger partial charge in [0.05, 0.1) is 12.1 Å². The van der Waals surface area contributed by atoms with E-state index in [-0.39, 0.29) is 19.4 Å². The standard InChI is InChI=1S/C11H15N3O5/c1-6-8(7(2)19-14-6)5-12-11(18)13-9(15)3-4-10(16)17/h3-5H2,1-2H3,(H,16,17)(H2,12,13,15,18). The third-order valence-corrected chi connectivity index (χ3v) is 2.43. The van der Waals surface area contributed by atoms with Gasteiger partial charge in [-0.1, -0.05) is 5.16 Å². The van der Waals surface area contributed by atoms with Crippen LogP contribution in [0.2, 0.25) is 0 Å². The van der Waals surface area contributed by atoms with E-state index in [4.69, 9.17) is 9.63 Å². The number of carbonyl (C=O) groups excluding carboxylic acids is 2. The molecule has 3 N–H and O–H groups in total. The normalized spacial score (nSPS) is 10.0. The quantitative estimate of drug-likeness (QED) is 0.714. The molecule has 1 aromatic heterocycles. The summed E-state index contributed by atoms with van der Waals surface area (Å²) in [5, 5.41) is 16.6. The van der Waals surface area contributed by atoms with E-state index in [1.807, 2.05) is 5.32 Å². The van der Waals surface area contributed by atoms with Gasteiger partial charge in [0, 0.05) is 18.5 Å². The van der Waals surface area contributed by atoms with Crippen LogP contribution in [-0.4, -0.2) is 28.2 Å². The van der Waals surface area contributed by atoms with Gasteiger partial charge in [-0.05, 0) is 13.8 Å². The van der Waals surface area contributed by atoms with Crippen molar-refractivity contribution in [2.75, 3.05) is 0 Å². The van der Waals surface area contributed by atoms with Crippen molar-refractivity contribution in [3.8, 4) is 0 Å². The fourth-order valence-electron chi connectivity index (χ4n) is 1.38. The SMILES string of the molecule is Cc1noc(C)c1CNC(=O)NC(=O)CCC(=O)O. The van der Waals surface area contributed by atoms with Crippen LogP contribution in [0.1, 0.15) is 29.9 Å². The summed E-state index contributed by atoms with van der Waals surface area (Å²) in [4.78, 5) is 32.8. The minimum atomic E-state index is -1.09. The summed E-state index contributed by atoms with van der Waals surface area (Å²) in [5.41, 5.74) is 1.41. The van der Waals surface area contributed by atoms with E-state index in [1.165, 1.54) is 0 Å². The van der Waals surface area contributed by atoms with Gasteiger partial charge in [0.2, 0.25) is 5.91 Å². The average Bonchev–Trinajstić information content (AvgIpc) is 2.64. The summed E-state index contributed by atoms with van der Waals surface area (Å²) < 4.78 is 4.92. The van der Waals surface area contributed by atoms with E-state index in [0.29, 0.717) is 11.5 Å². The Balaban J connectivity index is 2.36. The van der Waals surface area contributed by atoms with Crippen molar-refractivity contribution in [3.05, 3.63) is 17.0 Å². The molecular formula is C11H15N3O5. The zero-order chi connectivity index (χ0) is 14.4. The van der Waals surface area contributed by atoms with Crippen molar-refractivity contribution < 1.29 is 24.0 Å². The van der Waals surface area contributed by atoms with Gasteiger partial charge in [-0.25, -0.2) is 4.79 Å². The number of aromatic nitrogens is 1. The van der Waals surface area contributed by atoms with Crippen LogP contribution in [0.4, 0.5) is 4.79 Å². The predicted molar refractivity (Wildman–Crippen MR) is 63.2 cm³/mol. The molecule has 19 heavy (non-hydrogen) atoms. The molecule has 0 bridgehead atoms. The number of nitrogens with one attached hydrogen (secondary N) is 2. The number of hydrogen-bond donors (Lipinski definition) is 3. The van der Waals surface area contributed by atoms with E-state index in [2.05, 4.69) is 10.5 Å². The molecule has 1 aromatic rings. The molecular weight excluding hydrogens is 254 g/mol. The number of aliphatic carboxylic acids is 1. The first kappa shape index (κ1) is 14.7. The maximum Gasteiger partial charge on any atom is 0.321 e. The fraction of sp³-hybridized carbons (Fsp3) is 0.455. The third-order valence-electron chi connectivity index (χ3n) is 2.43. The Bertz CT molecular complexity index is 475. The number of nitrogens with zero attached hydrogens (tertiary/aromatic N) is 1. The first-order chi connectivity index (χ1) is 8.90. The van der Waals surface area contributed by atoms with Crippen molar-refractivity contribution in [2.24, 2.45) is 0 Å². The molecule has 3 amide bonds. The molecule has 0 aliphatic rings. The second-order valence-electron chi connectivity index (χ2n) is 3.93. The molecule has 0 fully saturated rings. The van der Waals surface area contributed by atoms with Crippen LogP contribution in [-0.2, 0) is 16.1 Å². The molecule has 104 valence electrons. The molecule has 0 aliphatic carbocycles. The molecule has 0 saturated heterocycles. The van der Waals surface area contributed by atoms with Crippen molar-refractivity contribution >= 4 is 17.9 Å². The molecule has 1 heterocycles.